The molecule has 0 spiro atoms. The van der Waals surface area contributed by atoms with Crippen LogP contribution in [0, 0.1) is 25.2 Å². The van der Waals surface area contributed by atoms with Crippen LogP contribution in [0.3, 0.4) is 0 Å². The normalized spacial score (nSPS) is 12.2. The number of nitrogens with zero attached hydrogens (tertiary/aromatic N) is 2. The molecule has 1 heterocycles. The Balaban J connectivity index is 1.85. The van der Waals surface area contributed by atoms with E-state index in [0.29, 0.717) is 6.61 Å². The van der Waals surface area contributed by atoms with Crippen molar-refractivity contribution in [1.29, 1.82) is 5.26 Å². The van der Waals surface area contributed by atoms with Crippen LogP contribution in [0.5, 0.6) is 5.75 Å². The van der Waals surface area contributed by atoms with E-state index in [-0.39, 0.29) is 17.5 Å². The maximum atomic E-state index is 12.7. The van der Waals surface area contributed by atoms with E-state index in [0.717, 1.165) is 34.0 Å². The first-order valence-corrected chi connectivity index (χ1v) is 10.3. The van der Waals surface area contributed by atoms with Gasteiger partial charge in [-0.1, -0.05) is 30.3 Å². The minimum Gasteiger partial charge on any atom is -0.494 e. The SMILES string of the molecule is CCOc1ccc(-n2c(C)cc(/C=C(/C#N)C(=O)N[C@H](C)c3ccccc3)c2C)cc1. The molecule has 0 fully saturated rings. The molecule has 0 unspecified atom stereocenters. The van der Waals surface area contributed by atoms with E-state index in [1.54, 1.807) is 6.08 Å². The van der Waals surface area contributed by atoms with Crippen LogP contribution < -0.4 is 10.1 Å². The van der Waals surface area contributed by atoms with Gasteiger partial charge in [-0.2, -0.15) is 5.26 Å². The van der Waals surface area contributed by atoms with Gasteiger partial charge in [0.1, 0.15) is 17.4 Å². The van der Waals surface area contributed by atoms with Gasteiger partial charge in [0.15, 0.2) is 0 Å². The van der Waals surface area contributed by atoms with E-state index >= 15 is 0 Å². The topological polar surface area (TPSA) is 67.0 Å². The highest BCUT2D eigenvalue weighted by Crippen LogP contribution is 2.24. The van der Waals surface area contributed by atoms with E-state index in [1.165, 1.54) is 0 Å². The van der Waals surface area contributed by atoms with Crippen LogP contribution in [-0.2, 0) is 4.79 Å². The van der Waals surface area contributed by atoms with Crippen LogP contribution in [-0.4, -0.2) is 17.1 Å². The molecule has 3 rings (SSSR count). The van der Waals surface area contributed by atoms with Gasteiger partial charge in [0.2, 0.25) is 0 Å². The van der Waals surface area contributed by atoms with Gasteiger partial charge >= 0.3 is 0 Å². The first-order chi connectivity index (χ1) is 14.9. The van der Waals surface area contributed by atoms with Crippen molar-refractivity contribution in [2.45, 2.75) is 33.7 Å². The van der Waals surface area contributed by atoms with Crippen molar-refractivity contribution in [2.75, 3.05) is 6.61 Å². The van der Waals surface area contributed by atoms with Crippen molar-refractivity contribution in [3.63, 3.8) is 0 Å². The second kappa shape index (κ2) is 9.82. The quantitative estimate of drug-likeness (QED) is 0.423. The summed E-state index contributed by atoms with van der Waals surface area (Å²) in [6.07, 6.45) is 1.65. The molecule has 0 bridgehead atoms. The Morgan fingerprint density at radius 3 is 2.45 bits per heavy atom. The number of aromatic nitrogens is 1. The second-order valence-corrected chi connectivity index (χ2v) is 7.36. The molecule has 0 aliphatic carbocycles. The third-order valence-corrected chi connectivity index (χ3v) is 5.19. The molecule has 1 aromatic heterocycles. The van der Waals surface area contributed by atoms with E-state index in [1.807, 2.05) is 94.4 Å². The predicted octanol–water partition coefficient (Wildman–Crippen LogP) is 5.28. The van der Waals surface area contributed by atoms with Crippen molar-refractivity contribution < 1.29 is 9.53 Å². The first-order valence-electron chi connectivity index (χ1n) is 10.3. The molecule has 5 nitrogen and oxygen atoms in total. The smallest absolute Gasteiger partial charge is 0.262 e. The number of hydrogen-bond donors (Lipinski definition) is 1. The standard InChI is InChI=1S/C26H27N3O2/c1-5-31-25-13-11-24(12-14-25)29-18(2)15-22(20(29)4)16-23(17-27)26(30)28-19(3)21-9-7-6-8-10-21/h6-16,19H,5H2,1-4H3,(H,28,30)/b23-16-/t19-/m1/s1. The Morgan fingerprint density at radius 2 is 1.84 bits per heavy atom. The highest BCUT2D eigenvalue weighted by atomic mass is 16.5. The summed E-state index contributed by atoms with van der Waals surface area (Å²) in [6.45, 7) is 8.47. The van der Waals surface area contributed by atoms with E-state index in [2.05, 4.69) is 9.88 Å². The van der Waals surface area contributed by atoms with Crippen molar-refractivity contribution in [2.24, 2.45) is 0 Å². The highest BCUT2D eigenvalue weighted by molar-refractivity contribution is 6.02. The third-order valence-electron chi connectivity index (χ3n) is 5.19. The zero-order chi connectivity index (χ0) is 22.4. The maximum Gasteiger partial charge on any atom is 0.262 e. The average Bonchev–Trinajstić information content (AvgIpc) is 3.06. The van der Waals surface area contributed by atoms with Crippen LogP contribution in [0.1, 0.15) is 42.4 Å². The molecule has 31 heavy (non-hydrogen) atoms. The summed E-state index contributed by atoms with van der Waals surface area (Å²) in [7, 11) is 0. The molecule has 0 saturated carbocycles. The molecule has 0 aliphatic heterocycles. The minimum atomic E-state index is -0.385. The summed E-state index contributed by atoms with van der Waals surface area (Å²) >= 11 is 0. The Labute approximate surface area is 183 Å². The lowest BCUT2D eigenvalue weighted by Crippen LogP contribution is -2.27. The number of rotatable bonds is 7. The number of ether oxygens (including phenoxy) is 1. The average molecular weight is 414 g/mol. The summed E-state index contributed by atoms with van der Waals surface area (Å²) in [6, 6.07) is 21.4. The Kier molecular flexibility index (Phi) is 6.94. The predicted molar refractivity (Wildman–Crippen MR) is 123 cm³/mol. The number of nitrogens with one attached hydrogen (secondary N) is 1. The molecular formula is C26H27N3O2. The molecule has 3 aromatic rings. The molecule has 0 saturated heterocycles. The minimum absolute atomic E-state index is 0.0784. The number of benzene rings is 2. The van der Waals surface area contributed by atoms with Crippen molar-refractivity contribution in [1.82, 2.24) is 9.88 Å². The van der Waals surface area contributed by atoms with E-state index < -0.39 is 0 Å². The van der Waals surface area contributed by atoms with Gasteiger partial charge in [0.05, 0.1) is 12.6 Å². The van der Waals surface area contributed by atoms with E-state index in [9.17, 15) is 10.1 Å². The molecule has 1 atom stereocenters. The van der Waals surface area contributed by atoms with Gasteiger partial charge < -0.3 is 14.6 Å². The first kappa shape index (κ1) is 21.9. The summed E-state index contributed by atoms with van der Waals surface area (Å²) in [5, 5.41) is 12.5. The zero-order valence-electron chi connectivity index (χ0n) is 18.3. The Hall–Kier alpha value is -3.78. The lowest BCUT2D eigenvalue weighted by Gasteiger charge is -2.14. The molecule has 0 aliphatic rings. The van der Waals surface area contributed by atoms with Gasteiger partial charge in [-0.3, -0.25) is 4.79 Å². The lowest BCUT2D eigenvalue weighted by atomic mass is 10.1. The third kappa shape index (κ3) is 5.04. The largest absolute Gasteiger partial charge is 0.494 e. The van der Waals surface area contributed by atoms with Crippen LogP contribution in [0.25, 0.3) is 11.8 Å². The second-order valence-electron chi connectivity index (χ2n) is 7.36. The fourth-order valence-corrected chi connectivity index (χ4v) is 3.59. The zero-order valence-corrected chi connectivity index (χ0v) is 18.3. The molecule has 5 heteroatoms. The van der Waals surface area contributed by atoms with Crippen molar-refractivity contribution in [3.05, 3.63) is 88.8 Å². The highest BCUT2D eigenvalue weighted by Gasteiger charge is 2.16. The number of carbonyl (C=O) groups is 1. The van der Waals surface area contributed by atoms with Crippen LogP contribution in [0.15, 0.2) is 66.2 Å². The molecular weight excluding hydrogens is 386 g/mol. The van der Waals surface area contributed by atoms with Gasteiger partial charge in [0.25, 0.3) is 5.91 Å². The molecule has 1 amide bonds. The number of carbonyl (C=O) groups excluding carboxylic acids is 1. The lowest BCUT2D eigenvalue weighted by molar-refractivity contribution is -0.117. The summed E-state index contributed by atoms with van der Waals surface area (Å²) < 4.78 is 7.62. The van der Waals surface area contributed by atoms with Crippen LogP contribution >= 0.6 is 0 Å². The Morgan fingerprint density at radius 1 is 1.16 bits per heavy atom. The number of nitriles is 1. The van der Waals surface area contributed by atoms with Gasteiger partial charge in [-0.05, 0) is 75.2 Å². The monoisotopic (exact) mass is 413 g/mol. The maximum absolute atomic E-state index is 12.7. The summed E-state index contributed by atoms with van der Waals surface area (Å²) in [4.78, 5) is 12.7. The van der Waals surface area contributed by atoms with Gasteiger partial charge in [-0.15, -0.1) is 0 Å². The molecule has 2 aromatic carbocycles. The number of aryl methyl sites for hydroxylation is 1. The van der Waals surface area contributed by atoms with Gasteiger partial charge in [-0.25, -0.2) is 0 Å². The summed E-state index contributed by atoms with van der Waals surface area (Å²) in [5.41, 5.74) is 4.88. The van der Waals surface area contributed by atoms with Crippen molar-refractivity contribution >= 4 is 12.0 Å². The van der Waals surface area contributed by atoms with Crippen LogP contribution in [0.2, 0.25) is 0 Å². The van der Waals surface area contributed by atoms with E-state index in [4.69, 9.17) is 4.74 Å². The van der Waals surface area contributed by atoms with Crippen LogP contribution in [0.4, 0.5) is 0 Å². The Bertz CT molecular complexity index is 1120. The summed E-state index contributed by atoms with van der Waals surface area (Å²) in [5.74, 6) is 0.439. The van der Waals surface area contributed by atoms with Crippen molar-refractivity contribution in [3.8, 4) is 17.5 Å². The molecule has 0 radical (unpaired) electrons. The van der Waals surface area contributed by atoms with Gasteiger partial charge in [0, 0.05) is 17.1 Å². The number of hydrogen-bond acceptors (Lipinski definition) is 3. The number of amides is 1. The fourth-order valence-electron chi connectivity index (χ4n) is 3.59. The molecule has 1 N–H and O–H groups in total. The molecule has 158 valence electrons. The fraction of sp³-hybridized carbons (Fsp3) is 0.231.